The number of carbonyl (C=O) groups excluding carboxylic acids is 1. The number of alkyl halides is 3. The number of rotatable bonds is 4. The second-order valence-electron chi connectivity index (χ2n) is 5.42. The molecule has 0 aromatic heterocycles. The first kappa shape index (κ1) is 17.5. The largest absolute Gasteiger partial charge is 0.489 e. The van der Waals surface area contributed by atoms with Crippen molar-refractivity contribution in [3.8, 4) is 11.5 Å². The molecule has 3 nitrogen and oxygen atoms in total. The maximum absolute atomic E-state index is 12.7. The van der Waals surface area contributed by atoms with Gasteiger partial charge in [0.05, 0.1) is 5.56 Å². The van der Waals surface area contributed by atoms with Crippen molar-refractivity contribution in [3.63, 3.8) is 0 Å². The van der Waals surface area contributed by atoms with Gasteiger partial charge in [0.2, 0.25) is 0 Å². The molecule has 0 atom stereocenters. The summed E-state index contributed by atoms with van der Waals surface area (Å²) in [6, 6.07) is 8.58. The Hall–Kier alpha value is -2.28. The molecule has 0 spiro atoms. The van der Waals surface area contributed by atoms with Crippen LogP contribution in [0.2, 0.25) is 0 Å². The highest BCUT2D eigenvalue weighted by molar-refractivity contribution is 9.10. The Balaban J connectivity index is 1.72. The monoisotopic (exact) mass is 412 g/mol. The van der Waals surface area contributed by atoms with Crippen LogP contribution in [-0.2, 0) is 17.6 Å². The third-order valence-corrected chi connectivity index (χ3v) is 4.38. The lowest BCUT2D eigenvalue weighted by molar-refractivity contribution is -0.137. The van der Waals surface area contributed by atoms with Crippen molar-refractivity contribution in [3.05, 3.63) is 63.1 Å². The van der Waals surface area contributed by atoms with Crippen LogP contribution in [0.3, 0.4) is 0 Å². The van der Waals surface area contributed by atoms with Crippen LogP contribution in [0.4, 0.5) is 13.2 Å². The van der Waals surface area contributed by atoms with Crippen molar-refractivity contribution in [2.45, 2.75) is 12.8 Å². The fourth-order valence-corrected chi connectivity index (χ4v) is 2.81. The van der Waals surface area contributed by atoms with Gasteiger partial charge in [-0.3, -0.25) is 4.79 Å². The highest BCUT2D eigenvalue weighted by atomic mass is 79.9. The quantitative estimate of drug-likeness (QED) is 0.661. The number of aldehydes is 1. The van der Waals surface area contributed by atoms with Gasteiger partial charge in [0.15, 0.2) is 0 Å². The predicted octanol–water partition coefficient (Wildman–Crippen LogP) is 5.02. The molecule has 0 N–H and O–H groups in total. The zero-order chi connectivity index (χ0) is 18.0. The highest BCUT2D eigenvalue weighted by Gasteiger charge is 2.30. The first-order chi connectivity index (χ1) is 11.9. The third-order valence-electron chi connectivity index (χ3n) is 3.65. The van der Waals surface area contributed by atoms with Crippen molar-refractivity contribution in [1.82, 2.24) is 0 Å². The van der Waals surface area contributed by atoms with Gasteiger partial charge in [0.25, 0.3) is 0 Å². The van der Waals surface area contributed by atoms with Crippen LogP contribution in [0.1, 0.15) is 16.7 Å². The van der Waals surface area contributed by atoms with Crippen LogP contribution in [0.25, 0.3) is 6.08 Å². The van der Waals surface area contributed by atoms with Gasteiger partial charge in [-0.15, -0.1) is 0 Å². The summed E-state index contributed by atoms with van der Waals surface area (Å²) in [7, 11) is 0. The summed E-state index contributed by atoms with van der Waals surface area (Å²) in [6.45, 7) is 0.303. The summed E-state index contributed by atoms with van der Waals surface area (Å²) >= 11 is 3.14. The molecule has 1 aliphatic rings. The van der Waals surface area contributed by atoms with Gasteiger partial charge in [-0.25, -0.2) is 0 Å². The summed E-state index contributed by atoms with van der Waals surface area (Å²) in [6.07, 6.45) is -1.90. The van der Waals surface area contributed by atoms with Gasteiger partial charge in [-0.05, 0) is 30.3 Å². The van der Waals surface area contributed by atoms with E-state index < -0.39 is 11.7 Å². The molecule has 130 valence electrons. The zero-order valence-corrected chi connectivity index (χ0v) is 14.4. The van der Waals surface area contributed by atoms with Crippen LogP contribution >= 0.6 is 15.9 Å². The van der Waals surface area contributed by atoms with E-state index >= 15 is 0 Å². The van der Waals surface area contributed by atoms with Gasteiger partial charge in [0.1, 0.15) is 31.0 Å². The SMILES string of the molecule is O=CC1=Cc2ccc(OCc3ccc(C(F)(F)F)cc3Br)cc2OC1. The van der Waals surface area contributed by atoms with E-state index in [1.807, 2.05) is 0 Å². The van der Waals surface area contributed by atoms with E-state index in [0.29, 0.717) is 27.1 Å². The van der Waals surface area contributed by atoms with Crippen molar-refractivity contribution >= 4 is 28.3 Å². The molecule has 0 saturated carbocycles. The van der Waals surface area contributed by atoms with E-state index in [4.69, 9.17) is 9.47 Å². The summed E-state index contributed by atoms with van der Waals surface area (Å²) in [5.74, 6) is 1.11. The minimum atomic E-state index is -4.38. The minimum absolute atomic E-state index is 0.104. The average molecular weight is 413 g/mol. The minimum Gasteiger partial charge on any atom is -0.489 e. The molecular formula is C18H12BrF3O3. The molecule has 1 aliphatic heterocycles. The number of hydrogen-bond acceptors (Lipinski definition) is 3. The van der Waals surface area contributed by atoms with Crippen molar-refractivity contribution in [2.75, 3.05) is 6.61 Å². The molecule has 2 aromatic rings. The Bertz CT molecular complexity index is 844. The Kier molecular flexibility index (Phi) is 4.85. The number of benzene rings is 2. The van der Waals surface area contributed by atoms with E-state index in [0.717, 1.165) is 24.0 Å². The van der Waals surface area contributed by atoms with Crippen molar-refractivity contribution in [2.24, 2.45) is 0 Å². The van der Waals surface area contributed by atoms with Crippen molar-refractivity contribution in [1.29, 1.82) is 0 Å². The maximum Gasteiger partial charge on any atom is 0.416 e. The van der Waals surface area contributed by atoms with Gasteiger partial charge >= 0.3 is 6.18 Å². The van der Waals surface area contributed by atoms with Gasteiger partial charge in [-0.1, -0.05) is 22.0 Å². The molecule has 0 unspecified atom stereocenters. The fraction of sp³-hybridized carbons (Fsp3) is 0.167. The number of ether oxygens (including phenoxy) is 2. The van der Waals surface area contributed by atoms with Crippen LogP contribution < -0.4 is 9.47 Å². The lowest BCUT2D eigenvalue weighted by atomic mass is 10.1. The number of halogens is 4. The van der Waals surface area contributed by atoms with Crippen molar-refractivity contribution < 1.29 is 27.4 Å². The second-order valence-corrected chi connectivity index (χ2v) is 6.27. The molecule has 0 saturated heterocycles. The van der Waals surface area contributed by atoms with E-state index in [-0.39, 0.29) is 13.2 Å². The molecule has 0 aliphatic carbocycles. The summed E-state index contributed by atoms with van der Waals surface area (Å²) < 4.78 is 49.5. The predicted molar refractivity (Wildman–Crippen MR) is 89.5 cm³/mol. The molecule has 0 fully saturated rings. The van der Waals surface area contributed by atoms with Gasteiger partial charge in [0, 0.05) is 27.2 Å². The van der Waals surface area contributed by atoms with Gasteiger partial charge < -0.3 is 9.47 Å². The summed E-state index contributed by atoms with van der Waals surface area (Å²) in [4.78, 5) is 10.8. The van der Waals surface area contributed by atoms with E-state index in [2.05, 4.69) is 15.9 Å². The molecule has 25 heavy (non-hydrogen) atoms. The molecule has 0 amide bonds. The third kappa shape index (κ3) is 4.04. The second kappa shape index (κ2) is 6.92. The molecule has 0 radical (unpaired) electrons. The Morgan fingerprint density at radius 3 is 2.68 bits per heavy atom. The maximum atomic E-state index is 12.7. The normalized spacial score (nSPS) is 13.5. The first-order valence-corrected chi connectivity index (χ1v) is 8.07. The van der Waals surface area contributed by atoms with E-state index in [1.165, 1.54) is 6.07 Å². The number of carbonyl (C=O) groups is 1. The number of hydrogen-bond donors (Lipinski definition) is 0. The van der Waals surface area contributed by atoms with Crippen LogP contribution in [0.5, 0.6) is 11.5 Å². The average Bonchev–Trinajstić information content (AvgIpc) is 2.59. The number of fused-ring (bicyclic) bond motifs is 1. The van der Waals surface area contributed by atoms with Crippen LogP contribution in [-0.4, -0.2) is 12.9 Å². The first-order valence-electron chi connectivity index (χ1n) is 7.28. The Morgan fingerprint density at radius 2 is 2.00 bits per heavy atom. The summed E-state index contributed by atoms with van der Waals surface area (Å²) in [5.41, 5.74) is 1.20. The van der Waals surface area contributed by atoms with Crippen LogP contribution in [0.15, 0.2) is 46.4 Å². The molecule has 3 rings (SSSR count). The lowest BCUT2D eigenvalue weighted by Gasteiger charge is -2.16. The highest BCUT2D eigenvalue weighted by Crippen LogP contribution is 2.33. The topological polar surface area (TPSA) is 35.5 Å². The van der Waals surface area contributed by atoms with Gasteiger partial charge in [-0.2, -0.15) is 13.2 Å². The molecular weight excluding hydrogens is 401 g/mol. The molecule has 1 heterocycles. The zero-order valence-electron chi connectivity index (χ0n) is 12.8. The Morgan fingerprint density at radius 1 is 1.20 bits per heavy atom. The fourth-order valence-electron chi connectivity index (χ4n) is 2.32. The van der Waals surface area contributed by atoms with E-state index in [1.54, 1.807) is 24.3 Å². The smallest absolute Gasteiger partial charge is 0.416 e. The standard InChI is InChI=1S/C18H12BrF3O3/c19-16-6-14(18(20,21)22)3-1-13(16)10-24-15-4-2-12-5-11(8-23)9-25-17(12)7-15/h1-8H,9-10H2. The van der Waals surface area contributed by atoms with Crippen LogP contribution in [0, 0.1) is 0 Å². The summed E-state index contributed by atoms with van der Waals surface area (Å²) in [5, 5.41) is 0. The molecule has 2 aromatic carbocycles. The molecule has 0 bridgehead atoms. The Labute approximate surface area is 150 Å². The lowest BCUT2D eigenvalue weighted by Crippen LogP contribution is -2.08. The van der Waals surface area contributed by atoms with E-state index in [9.17, 15) is 18.0 Å². The molecule has 7 heteroatoms.